The van der Waals surface area contributed by atoms with Crippen LogP contribution in [0.3, 0.4) is 0 Å². The summed E-state index contributed by atoms with van der Waals surface area (Å²) in [5.74, 6) is 0.885. The van der Waals surface area contributed by atoms with Crippen LogP contribution in [0.15, 0.2) is 40.0 Å². The standard InChI is InChI=1S/C16H14BrN3O6S/c1-25-13-6-9-11(7-14(13)26-2)19-16(27(22,23)24)20-15(9)18-8-3-4-12(21)10(17)5-8/h3-7,21H,1-2H3,(H,18,19,20)(H,22,23,24). The average molecular weight is 456 g/mol. The number of aromatic nitrogens is 2. The first-order chi connectivity index (χ1) is 12.7. The van der Waals surface area contributed by atoms with Gasteiger partial charge in [0.2, 0.25) is 0 Å². The molecular formula is C16H14BrN3O6S. The fourth-order valence-electron chi connectivity index (χ4n) is 2.37. The van der Waals surface area contributed by atoms with Crippen LogP contribution in [-0.4, -0.2) is 42.3 Å². The van der Waals surface area contributed by atoms with Crippen molar-refractivity contribution in [2.45, 2.75) is 5.16 Å². The summed E-state index contributed by atoms with van der Waals surface area (Å²) >= 11 is 3.20. The monoisotopic (exact) mass is 455 g/mol. The van der Waals surface area contributed by atoms with E-state index in [0.29, 0.717) is 27.0 Å². The average Bonchev–Trinajstić information content (AvgIpc) is 2.62. The van der Waals surface area contributed by atoms with Crippen LogP contribution >= 0.6 is 15.9 Å². The SMILES string of the molecule is COc1cc2nc(S(=O)(=O)O)nc(Nc3ccc(O)c(Br)c3)c2cc1OC. The lowest BCUT2D eigenvalue weighted by Crippen LogP contribution is -2.08. The minimum atomic E-state index is -4.64. The van der Waals surface area contributed by atoms with Crippen molar-refractivity contribution >= 4 is 48.5 Å². The van der Waals surface area contributed by atoms with Gasteiger partial charge in [-0.2, -0.15) is 13.4 Å². The Morgan fingerprint density at radius 3 is 2.33 bits per heavy atom. The number of phenolic OH excluding ortho intramolecular Hbond substituents is 1. The van der Waals surface area contributed by atoms with Crippen molar-refractivity contribution in [1.82, 2.24) is 9.97 Å². The van der Waals surface area contributed by atoms with Gasteiger partial charge in [0.25, 0.3) is 5.16 Å². The van der Waals surface area contributed by atoms with Gasteiger partial charge in [0, 0.05) is 17.1 Å². The van der Waals surface area contributed by atoms with Gasteiger partial charge in [0.15, 0.2) is 11.5 Å². The highest BCUT2D eigenvalue weighted by Gasteiger charge is 2.20. The Labute approximate surface area is 162 Å². The summed E-state index contributed by atoms with van der Waals surface area (Å²) in [5.41, 5.74) is 0.728. The molecule has 9 nitrogen and oxygen atoms in total. The molecule has 0 bridgehead atoms. The zero-order valence-electron chi connectivity index (χ0n) is 14.1. The maximum atomic E-state index is 11.6. The van der Waals surface area contributed by atoms with Crippen LogP contribution in [0.5, 0.6) is 17.2 Å². The number of halogens is 1. The van der Waals surface area contributed by atoms with Crippen LogP contribution in [0.2, 0.25) is 0 Å². The van der Waals surface area contributed by atoms with Gasteiger partial charge in [-0.1, -0.05) is 0 Å². The number of nitrogens with one attached hydrogen (secondary N) is 1. The van der Waals surface area contributed by atoms with Crippen LogP contribution < -0.4 is 14.8 Å². The highest BCUT2D eigenvalue weighted by Crippen LogP contribution is 2.36. The van der Waals surface area contributed by atoms with E-state index in [1.165, 1.54) is 26.4 Å². The summed E-state index contributed by atoms with van der Waals surface area (Å²) in [6, 6.07) is 7.66. The van der Waals surface area contributed by atoms with Crippen molar-refractivity contribution < 1.29 is 27.6 Å². The van der Waals surface area contributed by atoms with Crippen molar-refractivity contribution in [3.63, 3.8) is 0 Å². The molecule has 0 saturated heterocycles. The third kappa shape index (κ3) is 3.89. The molecule has 27 heavy (non-hydrogen) atoms. The second-order valence-corrected chi connectivity index (χ2v) is 7.52. The summed E-state index contributed by atoms with van der Waals surface area (Å²) in [6.07, 6.45) is 0. The molecule has 0 saturated carbocycles. The number of benzene rings is 2. The topological polar surface area (TPSA) is 131 Å². The number of rotatable bonds is 5. The van der Waals surface area contributed by atoms with E-state index in [0.717, 1.165) is 0 Å². The first-order valence-corrected chi connectivity index (χ1v) is 9.63. The van der Waals surface area contributed by atoms with Crippen LogP contribution in [0.1, 0.15) is 0 Å². The largest absolute Gasteiger partial charge is 0.507 e. The second-order valence-electron chi connectivity index (χ2n) is 5.35. The second kappa shape index (κ2) is 7.18. The number of fused-ring (bicyclic) bond motifs is 1. The highest BCUT2D eigenvalue weighted by atomic mass is 79.9. The molecule has 1 aromatic heterocycles. The summed E-state index contributed by atoms with van der Waals surface area (Å²) in [5, 5.41) is 12.2. The summed E-state index contributed by atoms with van der Waals surface area (Å²) < 4.78 is 43.4. The first-order valence-electron chi connectivity index (χ1n) is 7.39. The van der Waals surface area contributed by atoms with Gasteiger partial charge in [-0.15, -0.1) is 0 Å². The van der Waals surface area contributed by atoms with Gasteiger partial charge < -0.3 is 19.9 Å². The maximum Gasteiger partial charge on any atom is 0.330 e. The van der Waals surface area contributed by atoms with Crippen LogP contribution in [-0.2, 0) is 10.1 Å². The molecule has 0 aliphatic heterocycles. The van der Waals surface area contributed by atoms with E-state index in [9.17, 15) is 18.1 Å². The first kappa shape index (κ1) is 19.1. The van der Waals surface area contributed by atoms with Crippen molar-refractivity contribution in [3.05, 3.63) is 34.8 Å². The number of methoxy groups -OCH3 is 2. The molecule has 3 aromatic rings. The Bertz CT molecular complexity index is 1140. The molecule has 0 aliphatic rings. The molecule has 0 amide bonds. The lowest BCUT2D eigenvalue weighted by Gasteiger charge is -2.13. The van der Waals surface area contributed by atoms with Crippen LogP contribution in [0.25, 0.3) is 10.9 Å². The van der Waals surface area contributed by atoms with Crippen LogP contribution in [0.4, 0.5) is 11.5 Å². The fraction of sp³-hybridized carbons (Fsp3) is 0.125. The Hall–Kier alpha value is -2.63. The molecule has 3 N–H and O–H groups in total. The highest BCUT2D eigenvalue weighted by molar-refractivity contribution is 9.10. The van der Waals surface area contributed by atoms with Gasteiger partial charge in [-0.3, -0.25) is 4.55 Å². The van der Waals surface area contributed by atoms with E-state index in [2.05, 4.69) is 31.2 Å². The molecule has 11 heteroatoms. The smallest absolute Gasteiger partial charge is 0.330 e. The third-order valence-electron chi connectivity index (χ3n) is 3.62. The Morgan fingerprint density at radius 1 is 1.07 bits per heavy atom. The molecule has 0 radical (unpaired) electrons. The van der Waals surface area contributed by atoms with E-state index in [4.69, 9.17) is 9.47 Å². The maximum absolute atomic E-state index is 11.6. The fourth-order valence-corrected chi connectivity index (χ4v) is 3.17. The van der Waals surface area contributed by atoms with Crippen molar-refractivity contribution in [3.8, 4) is 17.2 Å². The molecule has 3 rings (SSSR count). The predicted octanol–water partition coefficient (Wildman–Crippen LogP) is 3.11. The zero-order chi connectivity index (χ0) is 19.8. The number of aromatic hydroxyl groups is 1. The minimum absolute atomic E-state index is 0.0399. The molecule has 1 heterocycles. The Morgan fingerprint density at radius 2 is 1.74 bits per heavy atom. The number of anilines is 2. The molecule has 142 valence electrons. The van der Waals surface area contributed by atoms with Crippen LogP contribution in [0, 0.1) is 0 Å². The van der Waals surface area contributed by atoms with E-state index in [1.807, 2.05) is 0 Å². The number of nitrogens with zero attached hydrogens (tertiary/aromatic N) is 2. The molecule has 0 unspecified atom stereocenters. The molecular weight excluding hydrogens is 442 g/mol. The van der Waals surface area contributed by atoms with Gasteiger partial charge in [0.1, 0.15) is 11.6 Å². The molecule has 0 spiro atoms. The third-order valence-corrected chi connectivity index (χ3v) is 4.90. The van der Waals surface area contributed by atoms with E-state index < -0.39 is 15.3 Å². The summed E-state index contributed by atoms with van der Waals surface area (Å²) in [7, 11) is -1.75. The van der Waals surface area contributed by atoms with Crippen molar-refractivity contribution in [2.24, 2.45) is 0 Å². The zero-order valence-corrected chi connectivity index (χ0v) is 16.5. The quantitative estimate of drug-likeness (QED) is 0.301. The van der Waals surface area contributed by atoms with Crippen molar-refractivity contribution in [1.29, 1.82) is 0 Å². The molecule has 0 atom stereocenters. The van der Waals surface area contributed by atoms with Gasteiger partial charge >= 0.3 is 10.1 Å². The number of ether oxygens (including phenoxy) is 2. The number of hydrogen-bond donors (Lipinski definition) is 3. The van der Waals surface area contributed by atoms with Crippen molar-refractivity contribution in [2.75, 3.05) is 19.5 Å². The Balaban J connectivity index is 2.25. The minimum Gasteiger partial charge on any atom is -0.507 e. The normalized spacial score (nSPS) is 11.4. The molecule has 0 fully saturated rings. The van der Waals surface area contributed by atoms with E-state index >= 15 is 0 Å². The van der Waals surface area contributed by atoms with Gasteiger partial charge in [0.05, 0.1) is 24.2 Å². The lowest BCUT2D eigenvalue weighted by atomic mass is 10.2. The number of phenols is 1. The lowest BCUT2D eigenvalue weighted by molar-refractivity contribution is 0.355. The van der Waals surface area contributed by atoms with Gasteiger partial charge in [-0.05, 0) is 40.2 Å². The molecule has 2 aromatic carbocycles. The predicted molar refractivity (Wildman–Crippen MR) is 102 cm³/mol. The van der Waals surface area contributed by atoms with E-state index in [1.54, 1.807) is 18.2 Å². The summed E-state index contributed by atoms with van der Waals surface area (Å²) in [6.45, 7) is 0. The van der Waals surface area contributed by atoms with E-state index in [-0.39, 0.29) is 17.1 Å². The Kier molecular flexibility index (Phi) is 5.09. The summed E-state index contributed by atoms with van der Waals surface area (Å²) in [4.78, 5) is 7.81. The number of hydrogen-bond acceptors (Lipinski definition) is 8. The van der Waals surface area contributed by atoms with Gasteiger partial charge in [-0.25, -0.2) is 4.98 Å². The molecule has 0 aliphatic carbocycles.